The Kier molecular flexibility index (Phi) is 5.32. The first-order valence-electron chi connectivity index (χ1n) is 7.40. The molecule has 120 valence electrons. The molecule has 0 aromatic heterocycles. The minimum atomic E-state index is -0.489. The Morgan fingerprint density at radius 3 is 2.86 bits per heavy atom. The lowest BCUT2D eigenvalue weighted by atomic mass is 10.1. The number of ether oxygens (including phenoxy) is 1. The van der Waals surface area contributed by atoms with E-state index in [1.54, 1.807) is 18.0 Å². The van der Waals surface area contributed by atoms with E-state index in [0.717, 1.165) is 13.0 Å². The van der Waals surface area contributed by atoms with E-state index in [0.29, 0.717) is 36.9 Å². The summed E-state index contributed by atoms with van der Waals surface area (Å²) >= 11 is 0. The number of non-ortho nitro benzene ring substituents is 1. The summed E-state index contributed by atoms with van der Waals surface area (Å²) in [5.41, 5.74) is 0.844. The number of amides is 1. The van der Waals surface area contributed by atoms with Crippen LogP contribution < -0.4 is 5.32 Å². The molecule has 0 unspecified atom stereocenters. The lowest BCUT2D eigenvalue weighted by Crippen LogP contribution is -2.35. The molecule has 1 heterocycles. The number of nitrogens with zero attached hydrogens (tertiary/aromatic N) is 2. The molecular weight excluding hydrogens is 286 g/mol. The fourth-order valence-electron chi connectivity index (χ4n) is 2.61. The summed E-state index contributed by atoms with van der Waals surface area (Å²) in [4.78, 5) is 24.9. The highest BCUT2D eigenvalue weighted by Gasteiger charge is 2.25. The highest BCUT2D eigenvalue weighted by Crippen LogP contribution is 2.24. The molecule has 22 heavy (non-hydrogen) atoms. The number of carbonyl (C=O) groups excluding carboxylic acids is 1. The molecule has 1 saturated heterocycles. The Morgan fingerprint density at radius 1 is 1.55 bits per heavy atom. The number of benzene rings is 1. The van der Waals surface area contributed by atoms with E-state index in [4.69, 9.17) is 4.74 Å². The smallest absolute Gasteiger partial charge is 0.270 e. The molecule has 0 spiro atoms. The maximum absolute atomic E-state index is 12.7. The Balaban J connectivity index is 2.24. The molecule has 1 aromatic rings. The van der Waals surface area contributed by atoms with Crippen LogP contribution in [0.2, 0.25) is 0 Å². The van der Waals surface area contributed by atoms with E-state index in [2.05, 4.69) is 5.32 Å². The van der Waals surface area contributed by atoms with Crippen molar-refractivity contribution in [3.05, 3.63) is 33.9 Å². The van der Waals surface area contributed by atoms with Crippen LogP contribution in [0.5, 0.6) is 0 Å². The van der Waals surface area contributed by atoms with Gasteiger partial charge in [0.25, 0.3) is 11.6 Å². The number of carbonyl (C=O) groups is 1. The van der Waals surface area contributed by atoms with Gasteiger partial charge in [0, 0.05) is 50.5 Å². The van der Waals surface area contributed by atoms with E-state index in [9.17, 15) is 14.9 Å². The summed E-state index contributed by atoms with van der Waals surface area (Å²) in [6, 6.07) is 4.30. The zero-order valence-electron chi connectivity index (χ0n) is 12.9. The third-order valence-corrected chi connectivity index (χ3v) is 3.89. The topological polar surface area (TPSA) is 84.7 Å². The Morgan fingerprint density at radius 2 is 2.32 bits per heavy atom. The first-order valence-corrected chi connectivity index (χ1v) is 7.40. The minimum absolute atomic E-state index is 0.0809. The summed E-state index contributed by atoms with van der Waals surface area (Å²) in [6.07, 6.45) is 0.942. The number of anilines is 1. The molecule has 1 N–H and O–H groups in total. The van der Waals surface area contributed by atoms with Crippen LogP contribution in [0.3, 0.4) is 0 Å². The molecule has 0 aliphatic carbocycles. The molecule has 0 bridgehead atoms. The second kappa shape index (κ2) is 7.22. The summed E-state index contributed by atoms with van der Waals surface area (Å²) in [5, 5.41) is 13.9. The molecule has 1 amide bonds. The molecule has 1 atom stereocenters. The molecule has 1 aliphatic rings. The molecule has 1 aliphatic heterocycles. The average Bonchev–Trinajstić information content (AvgIpc) is 3.04. The third kappa shape index (κ3) is 3.54. The highest BCUT2D eigenvalue weighted by molar-refractivity contribution is 6.00. The second-order valence-corrected chi connectivity index (χ2v) is 5.31. The van der Waals surface area contributed by atoms with Crippen LogP contribution in [-0.4, -0.2) is 49.1 Å². The SMILES string of the molecule is CCN(C[C@@H]1CCOC1)C(=O)c1cc([N+](=O)[O-])ccc1NC. The lowest BCUT2D eigenvalue weighted by Gasteiger charge is -2.24. The van der Waals surface area contributed by atoms with E-state index in [-0.39, 0.29) is 11.6 Å². The van der Waals surface area contributed by atoms with E-state index in [1.165, 1.54) is 12.1 Å². The quantitative estimate of drug-likeness (QED) is 0.643. The Hall–Kier alpha value is -2.15. The number of nitro groups is 1. The Bertz CT molecular complexity index is 556. The van der Waals surface area contributed by atoms with Gasteiger partial charge in [-0.25, -0.2) is 0 Å². The van der Waals surface area contributed by atoms with Crippen LogP contribution >= 0.6 is 0 Å². The first-order chi connectivity index (χ1) is 10.6. The fourth-order valence-corrected chi connectivity index (χ4v) is 2.61. The van der Waals surface area contributed by atoms with Crippen molar-refractivity contribution >= 4 is 17.3 Å². The van der Waals surface area contributed by atoms with Crippen LogP contribution in [0.25, 0.3) is 0 Å². The number of rotatable bonds is 6. The molecule has 2 rings (SSSR count). The normalized spacial score (nSPS) is 17.3. The van der Waals surface area contributed by atoms with Crippen molar-refractivity contribution in [3.8, 4) is 0 Å². The van der Waals surface area contributed by atoms with Crippen LogP contribution in [0.15, 0.2) is 18.2 Å². The standard InChI is InChI=1S/C15H21N3O4/c1-3-17(9-11-6-7-22-10-11)15(19)13-8-12(18(20)21)4-5-14(13)16-2/h4-5,8,11,16H,3,6-7,9-10H2,1-2H3/t11-/m0/s1. The molecule has 1 aromatic carbocycles. The monoisotopic (exact) mass is 307 g/mol. The van der Waals surface area contributed by atoms with Crippen molar-refractivity contribution < 1.29 is 14.5 Å². The molecule has 7 nitrogen and oxygen atoms in total. The van der Waals surface area contributed by atoms with Crippen LogP contribution in [-0.2, 0) is 4.74 Å². The number of hydrogen-bond donors (Lipinski definition) is 1. The van der Waals surface area contributed by atoms with Crippen LogP contribution in [0, 0.1) is 16.0 Å². The second-order valence-electron chi connectivity index (χ2n) is 5.31. The van der Waals surface area contributed by atoms with Gasteiger partial charge in [0.15, 0.2) is 0 Å². The fraction of sp³-hybridized carbons (Fsp3) is 0.533. The largest absolute Gasteiger partial charge is 0.387 e. The van der Waals surface area contributed by atoms with Gasteiger partial charge in [0.2, 0.25) is 0 Å². The maximum Gasteiger partial charge on any atom is 0.270 e. The van der Waals surface area contributed by atoms with Gasteiger partial charge in [0.05, 0.1) is 17.1 Å². The van der Waals surface area contributed by atoms with Crippen molar-refractivity contribution in [1.82, 2.24) is 4.90 Å². The van der Waals surface area contributed by atoms with Crippen LogP contribution in [0.1, 0.15) is 23.7 Å². The van der Waals surface area contributed by atoms with Gasteiger partial charge in [-0.1, -0.05) is 0 Å². The van der Waals surface area contributed by atoms with E-state index in [1.807, 2.05) is 6.92 Å². The third-order valence-electron chi connectivity index (χ3n) is 3.89. The van der Waals surface area contributed by atoms with Crippen molar-refractivity contribution in [2.24, 2.45) is 5.92 Å². The number of nitro benzene ring substituents is 1. The summed E-state index contributed by atoms with van der Waals surface area (Å²) in [7, 11) is 1.69. The average molecular weight is 307 g/mol. The zero-order chi connectivity index (χ0) is 16.1. The van der Waals surface area contributed by atoms with Crippen molar-refractivity contribution in [3.63, 3.8) is 0 Å². The van der Waals surface area contributed by atoms with Gasteiger partial charge in [-0.05, 0) is 19.4 Å². The summed E-state index contributed by atoms with van der Waals surface area (Å²) in [6.45, 7) is 4.47. The lowest BCUT2D eigenvalue weighted by molar-refractivity contribution is -0.384. The molecule has 0 saturated carbocycles. The van der Waals surface area contributed by atoms with Gasteiger partial charge in [-0.2, -0.15) is 0 Å². The predicted octanol–water partition coefficient (Wildman–Crippen LogP) is 2.14. The van der Waals surface area contributed by atoms with Crippen molar-refractivity contribution in [2.45, 2.75) is 13.3 Å². The van der Waals surface area contributed by atoms with Crippen molar-refractivity contribution in [2.75, 3.05) is 38.7 Å². The van der Waals surface area contributed by atoms with Gasteiger partial charge in [0.1, 0.15) is 0 Å². The van der Waals surface area contributed by atoms with E-state index >= 15 is 0 Å². The van der Waals surface area contributed by atoms with Gasteiger partial charge in [-0.15, -0.1) is 0 Å². The number of hydrogen-bond acceptors (Lipinski definition) is 5. The maximum atomic E-state index is 12.7. The highest BCUT2D eigenvalue weighted by atomic mass is 16.6. The Labute approximate surface area is 129 Å². The van der Waals surface area contributed by atoms with E-state index < -0.39 is 4.92 Å². The van der Waals surface area contributed by atoms with Crippen molar-refractivity contribution in [1.29, 1.82) is 0 Å². The first kappa shape index (κ1) is 16.2. The van der Waals surface area contributed by atoms with Gasteiger partial charge >= 0.3 is 0 Å². The minimum Gasteiger partial charge on any atom is -0.387 e. The summed E-state index contributed by atoms with van der Waals surface area (Å²) in [5.74, 6) is 0.142. The number of nitrogens with one attached hydrogen (secondary N) is 1. The summed E-state index contributed by atoms with van der Waals surface area (Å²) < 4.78 is 5.34. The predicted molar refractivity (Wildman–Crippen MR) is 83.1 cm³/mol. The molecule has 1 fully saturated rings. The molecular formula is C15H21N3O4. The van der Waals surface area contributed by atoms with Gasteiger partial charge in [-0.3, -0.25) is 14.9 Å². The van der Waals surface area contributed by atoms with Crippen LogP contribution in [0.4, 0.5) is 11.4 Å². The molecule has 0 radical (unpaired) electrons. The molecule has 7 heteroatoms. The zero-order valence-corrected chi connectivity index (χ0v) is 12.9. The van der Waals surface area contributed by atoms with Gasteiger partial charge < -0.3 is 15.0 Å².